The van der Waals surface area contributed by atoms with Crippen LogP contribution >= 0.6 is 0 Å². The summed E-state index contributed by atoms with van der Waals surface area (Å²) in [5.74, 6) is 2.40. The molecule has 0 unspecified atom stereocenters. The summed E-state index contributed by atoms with van der Waals surface area (Å²) in [6.07, 6.45) is 1.97. The number of ether oxygens (including phenoxy) is 1. The van der Waals surface area contributed by atoms with Gasteiger partial charge in [-0.15, -0.1) is 0 Å². The number of para-hydroxylation sites is 1. The van der Waals surface area contributed by atoms with Gasteiger partial charge in [-0.3, -0.25) is 9.59 Å². The van der Waals surface area contributed by atoms with E-state index in [1.54, 1.807) is 6.92 Å². The second kappa shape index (κ2) is 9.33. The number of likely N-dealkylation sites (tertiary alicyclic amines) is 2. The second-order valence-corrected chi connectivity index (χ2v) is 8.47. The molecule has 0 radical (unpaired) electrons. The Morgan fingerprint density at radius 1 is 0.900 bits per heavy atom. The molecule has 2 aromatic carbocycles. The first-order valence-electron chi connectivity index (χ1n) is 10.9. The van der Waals surface area contributed by atoms with E-state index in [-0.39, 0.29) is 11.8 Å². The molecule has 0 bridgehead atoms. The predicted molar refractivity (Wildman–Crippen MR) is 116 cm³/mol. The minimum Gasteiger partial charge on any atom is -0.493 e. The van der Waals surface area contributed by atoms with E-state index >= 15 is 0 Å². The molecule has 2 aliphatic heterocycles. The molecule has 2 atom stereocenters. The minimum absolute atomic E-state index is 0.120. The number of piperidine rings is 1. The first-order chi connectivity index (χ1) is 14.6. The van der Waals surface area contributed by atoms with Crippen LogP contribution in [0.15, 0.2) is 60.7 Å². The Morgan fingerprint density at radius 2 is 1.53 bits per heavy atom. The van der Waals surface area contributed by atoms with Gasteiger partial charge in [0.2, 0.25) is 5.91 Å². The van der Waals surface area contributed by atoms with Gasteiger partial charge in [-0.05, 0) is 48.9 Å². The number of hydrogen-bond acceptors (Lipinski definition) is 3. The summed E-state index contributed by atoms with van der Waals surface area (Å²) < 4.78 is 6.05. The molecule has 0 aliphatic carbocycles. The zero-order valence-corrected chi connectivity index (χ0v) is 17.6. The highest BCUT2D eigenvalue weighted by Crippen LogP contribution is 2.36. The van der Waals surface area contributed by atoms with E-state index in [1.807, 2.05) is 70.5 Å². The molecule has 2 heterocycles. The molecular weight excluding hydrogens is 376 g/mol. The fourth-order valence-electron chi connectivity index (χ4n) is 4.88. The van der Waals surface area contributed by atoms with Gasteiger partial charge in [0, 0.05) is 44.6 Å². The molecule has 5 nitrogen and oxygen atoms in total. The molecule has 0 spiro atoms. The van der Waals surface area contributed by atoms with Crippen molar-refractivity contribution in [1.82, 2.24) is 9.80 Å². The summed E-state index contributed by atoms with van der Waals surface area (Å²) >= 11 is 0. The van der Waals surface area contributed by atoms with Crippen LogP contribution in [0.4, 0.5) is 0 Å². The molecule has 0 aromatic heterocycles. The van der Waals surface area contributed by atoms with Gasteiger partial charge in [-0.1, -0.05) is 36.4 Å². The summed E-state index contributed by atoms with van der Waals surface area (Å²) in [6.45, 7) is 5.40. The van der Waals surface area contributed by atoms with Crippen LogP contribution in [-0.2, 0) is 4.79 Å². The van der Waals surface area contributed by atoms with Crippen LogP contribution in [0.2, 0.25) is 0 Å². The van der Waals surface area contributed by atoms with Crippen LogP contribution in [0, 0.1) is 17.8 Å². The second-order valence-electron chi connectivity index (χ2n) is 8.47. The fraction of sp³-hybridized carbons (Fsp3) is 0.440. The van der Waals surface area contributed by atoms with Crippen LogP contribution in [-0.4, -0.2) is 54.4 Å². The van der Waals surface area contributed by atoms with Crippen molar-refractivity contribution in [2.45, 2.75) is 19.8 Å². The Morgan fingerprint density at radius 3 is 2.17 bits per heavy atom. The highest BCUT2D eigenvalue weighted by molar-refractivity contribution is 5.94. The van der Waals surface area contributed by atoms with Crippen LogP contribution < -0.4 is 4.74 Å². The number of carbonyl (C=O) groups excluding carboxylic acids is 2. The third-order valence-electron chi connectivity index (χ3n) is 6.60. The van der Waals surface area contributed by atoms with Crippen molar-refractivity contribution < 1.29 is 14.3 Å². The molecule has 30 heavy (non-hydrogen) atoms. The summed E-state index contributed by atoms with van der Waals surface area (Å²) in [5.41, 5.74) is 0.758. The van der Waals surface area contributed by atoms with Crippen molar-refractivity contribution >= 4 is 11.8 Å². The number of nitrogens with zero attached hydrogens (tertiary/aromatic N) is 2. The highest BCUT2D eigenvalue weighted by atomic mass is 16.5. The molecule has 2 fully saturated rings. The smallest absolute Gasteiger partial charge is 0.253 e. The van der Waals surface area contributed by atoms with Gasteiger partial charge in [0.05, 0.1) is 6.61 Å². The topological polar surface area (TPSA) is 49.9 Å². The molecule has 2 aromatic rings. The lowest BCUT2D eigenvalue weighted by atomic mass is 9.78. The molecular formula is C25H30N2O3. The van der Waals surface area contributed by atoms with E-state index < -0.39 is 0 Å². The average molecular weight is 407 g/mol. The van der Waals surface area contributed by atoms with E-state index in [2.05, 4.69) is 0 Å². The lowest BCUT2D eigenvalue weighted by Crippen LogP contribution is -2.41. The predicted octanol–water partition coefficient (Wildman–Crippen LogP) is 3.71. The fourth-order valence-corrected chi connectivity index (χ4v) is 4.88. The minimum atomic E-state index is 0.120. The lowest BCUT2D eigenvalue weighted by molar-refractivity contribution is -0.128. The highest BCUT2D eigenvalue weighted by Gasteiger charge is 2.40. The quantitative estimate of drug-likeness (QED) is 0.761. The van der Waals surface area contributed by atoms with Crippen LogP contribution in [0.3, 0.4) is 0 Å². The van der Waals surface area contributed by atoms with E-state index in [4.69, 9.17) is 4.74 Å². The summed E-state index contributed by atoms with van der Waals surface area (Å²) in [5, 5.41) is 0. The first kappa shape index (κ1) is 20.5. The number of amides is 2. The molecule has 5 heteroatoms. The lowest BCUT2D eigenvalue weighted by Gasteiger charge is -2.36. The van der Waals surface area contributed by atoms with Crippen LogP contribution in [0.25, 0.3) is 0 Å². The van der Waals surface area contributed by atoms with Crippen molar-refractivity contribution in [2.75, 3.05) is 32.8 Å². The molecule has 2 amide bonds. The van der Waals surface area contributed by atoms with E-state index in [1.165, 1.54) is 0 Å². The number of hydrogen-bond donors (Lipinski definition) is 0. The van der Waals surface area contributed by atoms with Crippen molar-refractivity contribution in [3.63, 3.8) is 0 Å². The van der Waals surface area contributed by atoms with Gasteiger partial charge in [-0.2, -0.15) is 0 Å². The number of benzene rings is 2. The Hall–Kier alpha value is -2.82. The van der Waals surface area contributed by atoms with E-state index in [0.717, 1.165) is 50.3 Å². The molecule has 158 valence electrons. The SMILES string of the molecule is CC(=O)N1C[C@@H](COc2ccccc2)[C@H](C2CCN(C(=O)c3ccccc3)CC2)C1. The maximum atomic E-state index is 12.7. The monoisotopic (exact) mass is 406 g/mol. The Kier molecular flexibility index (Phi) is 6.36. The summed E-state index contributed by atoms with van der Waals surface area (Å²) in [6, 6.07) is 19.4. The molecule has 4 rings (SSSR count). The van der Waals surface area contributed by atoms with E-state index in [9.17, 15) is 9.59 Å². The Balaban J connectivity index is 1.37. The van der Waals surface area contributed by atoms with Gasteiger partial charge in [0.1, 0.15) is 5.75 Å². The number of carbonyl (C=O) groups is 2. The number of rotatable bonds is 5. The van der Waals surface area contributed by atoms with Crippen molar-refractivity contribution in [2.24, 2.45) is 17.8 Å². The third-order valence-corrected chi connectivity index (χ3v) is 6.60. The first-order valence-corrected chi connectivity index (χ1v) is 10.9. The standard InChI is InChI=1S/C25H30N2O3/c1-19(28)27-16-22(18-30-23-10-6-3-7-11-23)24(17-27)20-12-14-26(15-13-20)25(29)21-8-4-2-5-9-21/h2-11,20,22,24H,12-18H2,1H3/t22-,24-/m0/s1. The molecule has 0 N–H and O–H groups in total. The summed E-state index contributed by atoms with van der Waals surface area (Å²) in [7, 11) is 0. The summed E-state index contributed by atoms with van der Waals surface area (Å²) in [4.78, 5) is 28.7. The molecule has 2 aliphatic rings. The molecule has 2 saturated heterocycles. The largest absolute Gasteiger partial charge is 0.493 e. The maximum Gasteiger partial charge on any atom is 0.253 e. The normalized spacial score (nSPS) is 22.2. The Bertz CT molecular complexity index is 847. The van der Waals surface area contributed by atoms with Crippen LogP contribution in [0.5, 0.6) is 5.75 Å². The zero-order chi connectivity index (χ0) is 20.9. The van der Waals surface area contributed by atoms with Crippen LogP contribution in [0.1, 0.15) is 30.1 Å². The third kappa shape index (κ3) is 4.66. The van der Waals surface area contributed by atoms with Gasteiger partial charge in [-0.25, -0.2) is 0 Å². The van der Waals surface area contributed by atoms with Gasteiger partial charge < -0.3 is 14.5 Å². The van der Waals surface area contributed by atoms with Gasteiger partial charge >= 0.3 is 0 Å². The van der Waals surface area contributed by atoms with Crippen molar-refractivity contribution in [1.29, 1.82) is 0 Å². The Labute approximate surface area is 178 Å². The van der Waals surface area contributed by atoms with E-state index in [0.29, 0.717) is 24.4 Å². The maximum absolute atomic E-state index is 12.7. The molecule has 0 saturated carbocycles. The van der Waals surface area contributed by atoms with Crippen molar-refractivity contribution in [3.05, 3.63) is 66.2 Å². The zero-order valence-electron chi connectivity index (χ0n) is 17.6. The van der Waals surface area contributed by atoms with Crippen molar-refractivity contribution in [3.8, 4) is 5.75 Å². The van der Waals surface area contributed by atoms with Gasteiger partial charge in [0.25, 0.3) is 5.91 Å². The average Bonchev–Trinajstić information content (AvgIpc) is 3.23. The van der Waals surface area contributed by atoms with Gasteiger partial charge in [0.15, 0.2) is 0 Å².